The predicted octanol–water partition coefficient (Wildman–Crippen LogP) is 3.32. The Morgan fingerprint density at radius 2 is 2.06 bits per heavy atom. The van der Waals surface area contributed by atoms with Crippen molar-refractivity contribution in [2.24, 2.45) is 0 Å². The summed E-state index contributed by atoms with van der Waals surface area (Å²) in [6.45, 7) is 0. The van der Waals surface area contributed by atoms with Gasteiger partial charge in [0.25, 0.3) is 0 Å². The van der Waals surface area contributed by atoms with E-state index >= 15 is 0 Å². The van der Waals surface area contributed by atoms with Crippen LogP contribution in [0.1, 0.15) is 0 Å². The molecule has 0 spiro atoms. The Bertz CT molecular complexity index is 490. The number of anilines is 1. The molecule has 16 heavy (non-hydrogen) atoms. The van der Waals surface area contributed by atoms with E-state index < -0.39 is 0 Å². The van der Waals surface area contributed by atoms with Gasteiger partial charge in [-0.1, -0.05) is 35.5 Å². The van der Waals surface area contributed by atoms with Gasteiger partial charge < -0.3 is 5.32 Å². The number of hydrogen-bond acceptors (Lipinski definition) is 4. The zero-order valence-electron chi connectivity index (χ0n) is 8.64. The fraction of sp³-hybridized carbons (Fsp3) is 0.0909. The van der Waals surface area contributed by atoms with E-state index in [9.17, 15) is 0 Å². The molecular weight excluding hydrogens is 242 g/mol. The summed E-state index contributed by atoms with van der Waals surface area (Å²) < 4.78 is 0. The zero-order valence-corrected chi connectivity index (χ0v) is 10.2. The average Bonchev–Trinajstić information content (AvgIpc) is 2.32. The van der Waals surface area contributed by atoms with Crippen molar-refractivity contribution >= 4 is 29.2 Å². The highest BCUT2D eigenvalue weighted by molar-refractivity contribution is 7.99. The molecule has 0 aliphatic heterocycles. The maximum atomic E-state index is 6.06. The van der Waals surface area contributed by atoms with Crippen LogP contribution in [0.5, 0.6) is 0 Å². The van der Waals surface area contributed by atoms with Crippen LogP contribution in [0.3, 0.4) is 0 Å². The SMILES string of the molecule is CNc1cncc(Sc2ccccc2Cl)n1. The third kappa shape index (κ3) is 2.65. The van der Waals surface area contributed by atoms with Gasteiger partial charge in [0.2, 0.25) is 0 Å². The van der Waals surface area contributed by atoms with E-state index in [1.807, 2.05) is 31.3 Å². The van der Waals surface area contributed by atoms with E-state index in [4.69, 9.17) is 11.6 Å². The largest absolute Gasteiger partial charge is 0.372 e. The minimum absolute atomic E-state index is 0.726. The van der Waals surface area contributed by atoms with Gasteiger partial charge in [-0.3, -0.25) is 4.98 Å². The van der Waals surface area contributed by atoms with E-state index in [1.54, 1.807) is 12.4 Å². The molecule has 0 unspecified atom stereocenters. The van der Waals surface area contributed by atoms with Gasteiger partial charge in [0.05, 0.1) is 17.4 Å². The molecule has 0 radical (unpaired) electrons. The summed E-state index contributed by atoms with van der Waals surface area (Å²) in [6, 6.07) is 7.67. The second kappa shape index (κ2) is 5.18. The number of nitrogens with one attached hydrogen (secondary N) is 1. The molecule has 2 rings (SSSR count). The molecule has 3 nitrogen and oxygen atoms in total. The van der Waals surface area contributed by atoms with Crippen molar-refractivity contribution in [3.63, 3.8) is 0 Å². The Morgan fingerprint density at radius 3 is 2.81 bits per heavy atom. The van der Waals surface area contributed by atoms with Crippen LogP contribution >= 0.6 is 23.4 Å². The lowest BCUT2D eigenvalue weighted by Crippen LogP contribution is -1.93. The second-order valence-electron chi connectivity index (χ2n) is 3.03. The van der Waals surface area contributed by atoms with Crippen LogP contribution in [-0.2, 0) is 0 Å². The summed E-state index contributed by atoms with van der Waals surface area (Å²) in [6.07, 6.45) is 3.39. The number of hydrogen-bond donors (Lipinski definition) is 1. The van der Waals surface area contributed by atoms with Crippen molar-refractivity contribution in [1.82, 2.24) is 9.97 Å². The van der Waals surface area contributed by atoms with Gasteiger partial charge >= 0.3 is 0 Å². The average molecular weight is 252 g/mol. The molecule has 0 saturated heterocycles. The number of aromatic nitrogens is 2. The highest BCUT2D eigenvalue weighted by Gasteiger charge is 2.03. The standard InChI is InChI=1S/C11H10ClN3S/c1-13-10-6-14-7-11(15-10)16-9-5-3-2-4-8(9)12/h2-7H,1H3,(H,13,15). The zero-order chi connectivity index (χ0) is 11.4. The number of rotatable bonds is 3. The first-order valence-corrected chi connectivity index (χ1v) is 5.91. The Labute approximate surface area is 103 Å². The summed E-state index contributed by atoms with van der Waals surface area (Å²) in [5.74, 6) is 0.747. The summed E-state index contributed by atoms with van der Waals surface area (Å²) in [5, 5.41) is 4.49. The molecule has 0 aliphatic rings. The molecule has 0 amide bonds. The van der Waals surface area contributed by atoms with Gasteiger partial charge in [-0.05, 0) is 12.1 Å². The van der Waals surface area contributed by atoms with Crippen LogP contribution in [0.15, 0.2) is 46.6 Å². The Kier molecular flexibility index (Phi) is 3.64. The Balaban J connectivity index is 2.24. The predicted molar refractivity (Wildman–Crippen MR) is 67.2 cm³/mol. The van der Waals surface area contributed by atoms with E-state index in [0.717, 1.165) is 20.8 Å². The van der Waals surface area contributed by atoms with Gasteiger partial charge in [-0.2, -0.15) is 0 Å². The van der Waals surface area contributed by atoms with Gasteiger partial charge in [-0.25, -0.2) is 4.98 Å². The van der Waals surface area contributed by atoms with Crippen LogP contribution in [0.2, 0.25) is 5.02 Å². The number of halogens is 1. The molecular formula is C11H10ClN3S. The molecule has 0 atom stereocenters. The van der Waals surface area contributed by atoms with Crippen molar-refractivity contribution in [3.05, 3.63) is 41.7 Å². The molecule has 1 heterocycles. The molecule has 0 fully saturated rings. The van der Waals surface area contributed by atoms with Gasteiger partial charge in [0.15, 0.2) is 0 Å². The minimum atomic E-state index is 0.726. The number of nitrogens with zero attached hydrogens (tertiary/aromatic N) is 2. The minimum Gasteiger partial charge on any atom is -0.372 e. The lowest BCUT2D eigenvalue weighted by Gasteiger charge is -2.04. The molecule has 82 valence electrons. The number of benzene rings is 1. The summed E-state index contributed by atoms with van der Waals surface area (Å²) in [5.41, 5.74) is 0. The molecule has 0 aliphatic carbocycles. The lowest BCUT2D eigenvalue weighted by atomic mass is 10.4. The summed E-state index contributed by atoms with van der Waals surface area (Å²) >= 11 is 7.56. The maximum absolute atomic E-state index is 6.06. The highest BCUT2D eigenvalue weighted by Crippen LogP contribution is 2.31. The monoisotopic (exact) mass is 251 g/mol. The first-order valence-electron chi connectivity index (χ1n) is 4.72. The van der Waals surface area contributed by atoms with E-state index in [-0.39, 0.29) is 0 Å². The quantitative estimate of drug-likeness (QED) is 0.908. The van der Waals surface area contributed by atoms with Crippen LogP contribution in [0.4, 0.5) is 5.82 Å². The third-order valence-corrected chi connectivity index (χ3v) is 3.34. The Hall–Kier alpha value is -1.26. The van der Waals surface area contributed by atoms with Gasteiger partial charge in [-0.15, -0.1) is 0 Å². The molecule has 0 bridgehead atoms. The van der Waals surface area contributed by atoms with E-state index in [2.05, 4.69) is 15.3 Å². The van der Waals surface area contributed by atoms with Crippen molar-refractivity contribution in [3.8, 4) is 0 Å². The fourth-order valence-corrected chi connectivity index (χ4v) is 2.20. The maximum Gasteiger partial charge on any atom is 0.145 e. The molecule has 2 aromatic rings. The molecule has 1 aromatic heterocycles. The van der Waals surface area contributed by atoms with Crippen molar-refractivity contribution in [2.75, 3.05) is 12.4 Å². The second-order valence-corrected chi connectivity index (χ2v) is 4.49. The van der Waals surface area contributed by atoms with Crippen LogP contribution in [-0.4, -0.2) is 17.0 Å². The van der Waals surface area contributed by atoms with Crippen LogP contribution < -0.4 is 5.32 Å². The Morgan fingerprint density at radius 1 is 1.25 bits per heavy atom. The first-order chi connectivity index (χ1) is 7.79. The highest BCUT2D eigenvalue weighted by atomic mass is 35.5. The van der Waals surface area contributed by atoms with Crippen molar-refractivity contribution in [1.29, 1.82) is 0 Å². The van der Waals surface area contributed by atoms with Gasteiger partial charge in [0, 0.05) is 11.9 Å². The summed E-state index contributed by atoms with van der Waals surface area (Å²) in [4.78, 5) is 9.43. The van der Waals surface area contributed by atoms with Crippen LogP contribution in [0, 0.1) is 0 Å². The third-order valence-electron chi connectivity index (χ3n) is 1.92. The molecule has 5 heteroatoms. The van der Waals surface area contributed by atoms with Crippen molar-refractivity contribution in [2.45, 2.75) is 9.92 Å². The first kappa shape index (κ1) is 11.2. The lowest BCUT2D eigenvalue weighted by molar-refractivity contribution is 1.05. The molecule has 1 N–H and O–H groups in total. The fourth-order valence-electron chi connectivity index (χ4n) is 1.16. The van der Waals surface area contributed by atoms with E-state index in [0.29, 0.717) is 0 Å². The summed E-state index contributed by atoms with van der Waals surface area (Å²) in [7, 11) is 1.81. The smallest absolute Gasteiger partial charge is 0.145 e. The van der Waals surface area contributed by atoms with E-state index in [1.165, 1.54) is 11.8 Å². The topological polar surface area (TPSA) is 37.8 Å². The van der Waals surface area contributed by atoms with Crippen LogP contribution in [0.25, 0.3) is 0 Å². The molecule has 0 saturated carbocycles. The van der Waals surface area contributed by atoms with Crippen molar-refractivity contribution < 1.29 is 0 Å². The normalized spacial score (nSPS) is 10.1. The van der Waals surface area contributed by atoms with Gasteiger partial charge in [0.1, 0.15) is 10.8 Å². The molecule has 1 aromatic carbocycles.